The Bertz CT molecular complexity index is 520. The van der Waals surface area contributed by atoms with Crippen LogP contribution >= 0.6 is 23.1 Å². The van der Waals surface area contributed by atoms with Gasteiger partial charge in [-0.25, -0.2) is 0 Å². The second-order valence-electron chi connectivity index (χ2n) is 5.47. The first kappa shape index (κ1) is 16.2. The molecule has 0 aliphatic carbocycles. The molecule has 22 heavy (non-hydrogen) atoms. The van der Waals surface area contributed by atoms with E-state index in [0.29, 0.717) is 40.7 Å². The van der Waals surface area contributed by atoms with Gasteiger partial charge in [0.05, 0.1) is 0 Å². The molecule has 2 saturated heterocycles. The third-order valence-corrected chi connectivity index (χ3v) is 5.96. The number of likely N-dealkylation sites (tertiary alicyclic amines) is 1. The van der Waals surface area contributed by atoms with E-state index in [1.807, 2.05) is 4.90 Å². The van der Waals surface area contributed by atoms with E-state index in [0.717, 1.165) is 32.6 Å². The second kappa shape index (κ2) is 7.25. The molecular formula is C14H19F2N3OS2. The average Bonchev–Trinajstić information content (AvgIpc) is 3.16. The minimum Gasteiger partial charge on any atom is -0.336 e. The fourth-order valence-corrected chi connectivity index (χ4v) is 4.72. The third-order valence-electron chi connectivity index (χ3n) is 4.16. The number of nitrogens with zero attached hydrogens (tertiary/aromatic N) is 2. The number of hydrogen-bond acceptors (Lipinski definition) is 5. The molecule has 122 valence electrons. The van der Waals surface area contributed by atoms with Crippen molar-refractivity contribution in [3.05, 3.63) is 16.3 Å². The van der Waals surface area contributed by atoms with E-state index in [1.165, 1.54) is 11.3 Å². The van der Waals surface area contributed by atoms with Crippen molar-refractivity contribution in [1.82, 2.24) is 15.1 Å². The molecule has 3 rings (SSSR count). The number of thiophene rings is 1. The van der Waals surface area contributed by atoms with E-state index in [-0.39, 0.29) is 5.91 Å². The number of alkyl halides is 2. The summed E-state index contributed by atoms with van der Waals surface area (Å²) in [5.74, 6) is -2.59. The quantitative estimate of drug-likeness (QED) is 0.847. The molecule has 3 heterocycles. The van der Waals surface area contributed by atoms with Crippen molar-refractivity contribution in [2.75, 3.05) is 39.3 Å². The molecule has 1 aromatic rings. The molecule has 0 aromatic carbocycles. The van der Waals surface area contributed by atoms with E-state index in [9.17, 15) is 13.6 Å². The Morgan fingerprint density at radius 1 is 1.36 bits per heavy atom. The lowest BCUT2D eigenvalue weighted by Gasteiger charge is -2.32. The summed E-state index contributed by atoms with van der Waals surface area (Å²) in [7, 11) is 0. The molecule has 0 bridgehead atoms. The van der Waals surface area contributed by atoms with Crippen LogP contribution in [-0.2, 0) is 0 Å². The summed E-state index contributed by atoms with van der Waals surface area (Å²) in [6.07, 6.45) is 0.967. The van der Waals surface area contributed by atoms with E-state index in [4.69, 9.17) is 0 Å². The maximum Gasteiger partial charge on any atom is 0.288 e. The Morgan fingerprint density at radius 3 is 2.86 bits per heavy atom. The lowest BCUT2D eigenvalue weighted by molar-refractivity contribution is 0.0775. The van der Waals surface area contributed by atoms with Crippen molar-refractivity contribution in [2.24, 2.45) is 0 Å². The third kappa shape index (κ3) is 3.61. The van der Waals surface area contributed by atoms with Crippen LogP contribution in [0, 0.1) is 0 Å². The summed E-state index contributed by atoms with van der Waals surface area (Å²) in [4.78, 5) is 17.7. The molecule has 8 heteroatoms. The number of carbonyl (C=O) groups excluding carboxylic acids is 1. The summed E-state index contributed by atoms with van der Waals surface area (Å²) in [5.41, 5.74) is 0. The summed E-state index contributed by atoms with van der Waals surface area (Å²) in [5, 5.41) is 5.04. The molecule has 2 aliphatic heterocycles. The topological polar surface area (TPSA) is 35.6 Å². The number of nitrogens with one attached hydrogen (secondary N) is 1. The van der Waals surface area contributed by atoms with Gasteiger partial charge in [0, 0.05) is 50.2 Å². The molecule has 2 fully saturated rings. The normalized spacial score (nSPS) is 23.4. The first-order chi connectivity index (χ1) is 10.6. The van der Waals surface area contributed by atoms with Gasteiger partial charge in [0.15, 0.2) is 0 Å². The minimum atomic E-state index is -2.49. The van der Waals surface area contributed by atoms with Crippen LogP contribution in [0.3, 0.4) is 0 Å². The van der Waals surface area contributed by atoms with Crippen molar-refractivity contribution >= 4 is 29.0 Å². The van der Waals surface area contributed by atoms with Crippen LogP contribution in [0.2, 0.25) is 0 Å². The number of amides is 1. The van der Waals surface area contributed by atoms with Gasteiger partial charge in [-0.05, 0) is 17.9 Å². The van der Waals surface area contributed by atoms with Crippen molar-refractivity contribution in [3.63, 3.8) is 0 Å². The maximum absolute atomic E-state index is 12.6. The lowest BCUT2D eigenvalue weighted by atomic mass is 10.2. The zero-order valence-corrected chi connectivity index (χ0v) is 13.8. The van der Waals surface area contributed by atoms with Gasteiger partial charge in [0.25, 0.3) is 11.7 Å². The molecule has 0 spiro atoms. The number of piperazine rings is 1. The Balaban J connectivity index is 1.62. The van der Waals surface area contributed by atoms with Crippen molar-refractivity contribution in [2.45, 2.75) is 23.1 Å². The predicted octanol–water partition coefficient (Wildman–Crippen LogP) is 2.18. The van der Waals surface area contributed by atoms with Crippen LogP contribution in [0.4, 0.5) is 8.78 Å². The molecule has 2 aliphatic rings. The van der Waals surface area contributed by atoms with E-state index >= 15 is 0 Å². The largest absolute Gasteiger partial charge is 0.336 e. The summed E-state index contributed by atoms with van der Waals surface area (Å²) in [6, 6.07) is 2.01. The Morgan fingerprint density at radius 2 is 2.14 bits per heavy atom. The standard InChI is InChI=1S/C14H19F2N3OS2/c15-14(16)22-11-2-8-21-12(11)13(20)19-5-1-10(9-19)18-6-3-17-4-7-18/h2,8,10,14,17H,1,3-7,9H2. The van der Waals surface area contributed by atoms with Gasteiger partial charge in [-0.2, -0.15) is 8.78 Å². The van der Waals surface area contributed by atoms with Crippen LogP contribution in [0.25, 0.3) is 0 Å². The Labute approximate surface area is 136 Å². The van der Waals surface area contributed by atoms with Gasteiger partial charge in [-0.1, -0.05) is 11.8 Å². The van der Waals surface area contributed by atoms with Crippen molar-refractivity contribution < 1.29 is 13.6 Å². The fourth-order valence-electron chi connectivity index (χ4n) is 3.06. The van der Waals surface area contributed by atoms with Gasteiger partial charge < -0.3 is 10.2 Å². The van der Waals surface area contributed by atoms with E-state index < -0.39 is 5.76 Å². The first-order valence-electron chi connectivity index (χ1n) is 7.41. The van der Waals surface area contributed by atoms with Gasteiger partial charge in [-0.3, -0.25) is 9.69 Å². The number of carbonyl (C=O) groups is 1. The minimum absolute atomic E-state index is 0.101. The molecule has 4 nitrogen and oxygen atoms in total. The van der Waals surface area contributed by atoms with Crippen LogP contribution in [0.5, 0.6) is 0 Å². The highest BCUT2D eigenvalue weighted by Crippen LogP contribution is 2.33. The molecule has 1 N–H and O–H groups in total. The number of rotatable bonds is 4. The molecule has 1 unspecified atom stereocenters. The number of hydrogen-bond donors (Lipinski definition) is 1. The fraction of sp³-hybridized carbons (Fsp3) is 0.643. The molecule has 1 atom stereocenters. The summed E-state index contributed by atoms with van der Waals surface area (Å²) < 4.78 is 25.1. The number of halogens is 2. The summed E-state index contributed by atoms with van der Waals surface area (Å²) >= 11 is 1.71. The SMILES string of the molecule is O=C(c1sccc1SC(F)F)N1CCC(N2CCNCC2)C1. The van der Waals surface area contributed by atoms with Crippen LogP contribution in [-0.4, -0.2) is 66.8 Å². The molecule has 0 saturated carbocycles. The smallest absolute Gasteiger partial charge is 0.288 e. The zero-order valence-electron chi connectivity index (χ0n) is 12.1. The van der Waals surface area contributed by atoms with Crippen molar-refractivity contribution in [3.8, 4) is 0 Å². The van der Waals surface area contributed by atoms with Crippen LogP contribution in [0.1, 0.15) is 16.1 Å². The van der Waals surface area contributed by atoms with Gasteiger partial charge in [0.1, 0.15) is 4.88 Å². The summed E-state index contributed by atoms with van der Waals surface area (Å²) in [6.45, 7) is 5.42. The Hall–Kier alpha value is -0.700. The Kier molecular flexibility index (Phi) is 5.33. The van der Waals surface area contributed by atoms with Crippen LogP contribution in [0.15, 0.2) is 16.3 Å². The molecule has 0 radical (unpaired) electrons. The van der Waals surface area contributed by atoms with Gasteiger partial charge in [-0.15, -0.1) is 11.3 Å². The monoisotopic (exact) mass is 347 g/mol. The molecule has 1 aromatic heterocycles. The van der Waals surface area contributed by atoms with Gasteiger partial charge >= 0.3 is 0 Å². The van der Waals surface area contributed by atoms with E-state index in [1.54, 1.807) is 11.4 Å². The molecular weight excluding hydrogens is 328 g/mol. The van der Waals surface area contributed by atoms with Crippen molar-refractivity contribution in [1.29, 1.82) is 0 Å². The van der Waals surface area contributed by atoms with Crippen LogP contribution < -0.4 is 5.32 Å². The highest BCUT2D eigenvalue weighted by molar-refractivity contribution is 7.99. The first-order valence-corrected chi connectivity index (χ1v) is 9.17. The maximum atomic E-state index is 12.6. The van der Waals surface area contributed by atoms with E-state index in [2.05, 4.69) is 10.2 Å². The highest BCUT2D eigenvalue weighted by Gasteiger charge is 2.32. The van der Waals surface area contributed by atoms with Gasteiger partial charge in [0.2, 0.25) is 0 Å². The predicted molar refractivity (Wildman–Crippen MR) is 84.9 cm³/mol. The average molecular weight is 347 g/mol. The second-order valence-corrected chi connectivity index (χ2v) is 7.42. The highest BCUT2D eigenvalue weighted by atomic mass is 32.2. The lowest BCUT2D eigenvalue weighted by Crippen LogP contribution is -2.49. The molecule has 1 amide bonds. The number of thioether (sulfide) groups is 1. The zero-order chi connectivity index (χ0) is 15.5.